The molecule has 0 radical (unpaired) electrons. The molecule has 0 saturated carbocycles. The lowest BCUT2D eigenvalue weighted by Crippen LogP contribution is -2.37. The molecule has 0 rings (SSSR count). The zero-order valence-electron chi connectivity index (χ0n) is 38.0. The van der Waals surface area contributed by atoms with Crippen molar-refractivity contribution < 1.29 is 112 Å². The van der Waals surface area contributed by atoms with Gasteiger partial charge in [-0.1, -0.05) is 91.1 Å². The van der Waals surface area contributed by atoms with Gasteiger partial charge in [-0.3, -0.25) is 0 Å². The molecule has 0 amide bonds. The Hall–Kier alpha value is -1.59. The Balaban J connectivity index is -0.000000118. The minimum absolute atomic E-state index is 0.406. The lowest BCUT2D eigenvalue weighted by molar-refractivity contribution is -0.131. The van der Waals surface area contributed by atoms with Crippen LogP contribution in [0.4, 0.5) is 0 Å². The number of hydrogen-bond donors (Lipinski definition) is 21. The van der Waals surface area contributed by atoms with Crippen LogP contribution in [0.1, 0.15) is 84.5 Å². The molecule has 22 heteroatoms. The number of unbranched alkanes of at least 4 members (excludes halogenated alkanes) is 10. The van der Waals surface area contributed by atoms with Crippen molar-refractivity contribution in [2.45, 2.75) is 84.5 Å². The van der Waals surface area contributed by atoms with Gasteiger partial charge in [0.1, 0.15) is 0 Å². The SMILES string of the molecule is C=CC(=O)O.CCCCCCCCCCCCC.OCC(CO)(CO)CO.OCC(CO)(CO)CO.OCC(CO)(CO)CO.OCC(CO)(CO)CO.OCC(CO)(CO)CO. The Morgan fingerprint density at radius 2 is 0.397 bits per heavy atom. The molecule has 0 atom stereocenters. The monoisotopic (exact) mass is 937 g/mol. The minimum Gasteiger partial charge on any atom is -0.478 e. The third-order valence-corrected chi connectivity index (χ3v) is 9.59. The molecule has 21 N–H and O–H groups in total. The molecule has 0 bridgehead atoms. The van der Waals surface area contributed by atoms with E-state index in [1.54, 1.807) is 0 Å². The van der Waals surface area contributed by atoms with Crippen LogP contribution in [-0.2, 0) is 4.79 Å². The third kappa shape index (κ3) is 41.6. The summed E-state index contributed by atoms with van der Waals surface area (Å²) in [6, 6.07) is 0. The molecule has 0 aliphatic heterocycles. The summed E-state index contributed by atoms with van der Waals surface area (Å²) in [4.78, 5) is 9.25. The predicted octanol–water partition coefficient (Wildman–Crippen LogP) is -4.72. The maximum atomic E-state index is 9.25. The molecule has 0 spiro atoms. The van der Waals surface area contributed by atoms with Crippen molar-refractivity contribution in [3.63, 3.8) is 0 Å². The van der Waals surface area contributed by atoms with E-state index in [9.17, 15) is 4.79 Å². The van der Waals surface area contributed by atoms with E-state index < -0.39 is 165 Å². The zero-order valence-corrected chi connectivity index (χ0v) is 38.0. The first-order valence-corrected chi connectivity index (χ1v) is 20.9. The number of carboxylic acids is 1. The lowest BCUT2D eigenvalue weighted by atomic mass is 9.93. The van der Waals surface area contributed by atoms with Gasteiger partial charge in [-0.25, -0.2) is 4.79 Å². The molecule has 0 fully saturated rings. The van der Waals surface area contributed by atoms with Crippen molar-refractivity contribution in [2.24, 2.45) is 27.1 Å². The number of carbonyl (C=O) groups is 1. The Labute approximate surface area is 374 Å². The smallest absolute Gasteiger partial charge is 0.327 e. The van der Waals surface area contributed by atoms with Crippen LogP contribution in [0.5, 0.6) is 0 Å². The van der Waals surface area contributed by atoms with E-state index in [1.807, 2.05) is 0 Å². The van der Waals surface area contributed by atoms with E-state index in [0.29, 0.717) is 0 Å². The van der Waals surface area contributed by atoms with Crippen molar-refractivity contribution in [1.29, 1.82) is 0 Å². The molecule has 0 aliphatic carbocycles. The van der Waals surface area contributed by atoms with Crippen molar-refractivity contribution in [2.75, 3.05) is 132 Å². The number of rotatable bonds is 31. The van der Waals surface area contributed by atoms with E-state index >= 15 is 0 Å². The molecule has 0 aliphatic rings. The second-order valence-electron chi connectivity index (χ2n) is 15.4. The van der Waals surface area contributed by atoms with E-state index in [0.717, 1.165) is 6.08 Å². The van der Waals surface area contributed by atoms with Crippen LogP contribution in [0.15, 0.2) is 12.7 Å². The predicted molar refractivity (Wildman–Crippen MR) is 234 cm³/mol. The molecule has 0 heterocycles. The quantitative estimate of drug-likeness (QED) is 0.0229. The van der Waals surface area contributed by atoms with Gasteiger partial charge in [-0.05, 0) is 0 Å². The Kier molecular flexibility index (Phi) is 63.7. The topological polar surface area (TPSA) is 442 Å². The minimum atomic E-state index is -1.11. The van der Waals surface area contributed by atoms with Crippen LogP contribution in [0.2, 0.25) is 0 Å². The number of aliphatic carboxylic acids is 1. The first-order chi connectivity index (χ1) is 29.9. The maximum absolute atomic E-state index is 9.25. The second-order valence-corrected chi connectivity index (χ2v) is 15.4. The Bertz CT molecular complexity index is 667. The second kappa shape index (κ2) is 53.0. The summed E-state index contributed by atoms with van der Waals surface area (Å²) in [5.41, 5.74) is -5.56. The van der Waals surface area contributed by atoms with Crippen LogP contribution in [-0.4, -0.2) is 245 Å². The van der Waals surface area contributed by atoms with Gasteiger partial charge in [-0.2, -0.15) is 0 Å². The van der Waals surface area contributed by atoms with E-state index in [1.165, 1.54) is 70.6 Å². The molecule has 388 valence electrons. The molecule has 22 nitrogen and oxygen atoms in total. The summed E-state index contributed by atoms with van der Waals surface area (Å²) in [7, 11) is 0. The summed E-state index contributed by atoms with van der Waals surface area (Å²) < 4.78 is 0. The van der Waals surface area contributed by atoms with Gasteiger partial charge in [0.25, 0.3) is 0 Å². The van der Waals surface area contributed by atoms with Crippen LogP contribution in [0.25, 0.3) is 0 Å². The van der Waals surface area contributed by atoms with Gasteiger partial charge in [0.2, 0.25) is 0 Å². The molecule has 0 aromatic rings. The molecule has 63 heavy (non-hydrogen) atoms. The van der Waals surface area contributed by atoms with Gasteiger partial charge < -0.3 is 107 Å². The van der Waals surface area contributed by atoms with Crippen molar-refractivity contribution in [3.8, 4) is 0 Å². The fourth-order valence-electron chi connectivity index (χ4n) is 3.24. The standard InChI is InChI=1S/C13H28.5C5H12O4.C3H4O2/c1-3-5-7-9-11-13-12-10-8-6-4-2;5*6-1-5(2-7,3-8)4-9;1-2-3(4)5/h3-13H2,1-2H3;5*6-9H,1-4H2;2H,1H2,(H,4,5). The van der Waals surface area contributed by atoms with Crippen molar-refractivity contribution in [3.05, 3.63) is 12.7 Å². The summed E-state index contributed by atoms with van der Waals surface area (Å²) >= 11 is 0. The zero-order chi connectivity index (χ0) is 50.7. The first-order valence-electron chi connectivity index (χ1n) is 20.9. The van der Waals surface area contributed by atoms with Crippen LogP contribution in [0.3, 0.4) is 0 Å². The fourth-order valence-corrected chi connectivity index (χ4v) is 3.24. The molecular formula is C41H92O22. The summed E-state index contributed by atoms with van der Waals surface area (Å²) in [6.07, 6.45) is 16.8. The highest BCUT2D eigenvalue weighted by molar-refractivity contribution is 5.78. The Morgan fingerprint density at radius 1 is 0.302 bits per heavy atom. The van der Waals surface area contributed by atoms with E-state index in [-0.39, 0.29) is 0 Å². The molecular weight excluding hydrogens is 844 g/mol. The van der Waals surface area contributed by atoms with Gasteiger partial charge >= 0.3 is 5.97 Å². The summed E-state index contributed by atoms with van der Waals surface area (Å²) in [5, 5.41) is 178. The van der Waals surface area contributed by atoms with Gasteiger partial charge in [0.15, 0.2) is 0 Å². The number of hydrogen-bond acceptors (Lipinski definition) is 21. The third-order valence-electron chi connectivity index (χ3n) is 9.59. The highest BCUT2D eigenvalue weighted by Crippen LogP contribution is 2.15. The van der Waals surface area contributed by atoms with E-state index in [2.05, 4.69) is 20.4 Å². The van der Waals surface area contributed by atoms with Gasteiger partial charge in [0, 0.05) is 6.08 Å². The van der Waals surface area contributed by atoms with Crippen LogP contribution < -0.4 is 0 Å². The molecule has 0 saturated heterocycles. The lowest BCUT2D eigenvalue weighted by Gasteiger charge is -2.23. The largest absolute Gasteiger partial charge is 0.478 e. The molecule has 0 unspecified atom stereocenters. The number of aliphatic hydroxyl groups is 20. The van der Waals surface area contributed by atoms with Crippen molar-refractivity contribution >= 4 is 5.97 Å². The average molecular weight is 937 g/mol. The van der Waals surface area contributed by atoms with Gasteiger partial charge in [-0.15, -0.1) is 0 Å². The fraction of sp³-hybridized carbons (Fsp3) is 0.927. The first kappa shape index (κ1) is 75.7. The molecule has 0 aromatic carbocycles. The highest BCUT2D eigenvalue weighted by atomic mass is 16.4. The molecule has 0 aromatic heterocycles. The van der Waals surface area contributed by atoms with Crippen molar-refractivity contribution in [1.82, 2.24) is 0 Å². The number of carboxylic acid groups (broad SMARTS) is 1. The van der Waals surface area contributed by atoms with Gasteiger partial charge in [0.05, 0.1) is 159 Å². The number of aliphatic hydroxyl groups excluding tert-OH is 20. The maximum Gasteiger partial charge on any atom is 0.327 e. The average Bonchev–Trinajstić information content (AvgIpc) is 3.34. The van der Waals surface area contributed by atoms with E-state index in [4.69, 9.17) is 107 Å². The van der Waals surface area contributed by atoms with Crippen LogP contribution >= 0.6 is 0 Å². The Morgan fingerprint density at radius 3 is 0.444 bits per heavy atom. The normalized spacial score (nSPS) is 11.3. The summed E-state index contributed by atoms with van der Waals surface area (Å²) in [6.45, 7) is -0.599. The highest BCUT2D eigenvalue weighted by Gasteiger charge is 2.29. The van der Waals surface area contributed by atoms with Crippen LogP contribution in [0, 0.1) is 27.1 Å². The summed E-state index contributed by atoms with van der Waals surface area (Å²) in [5.74, 6) is -0.981.